The molecule has 1 heterocycles. The summed E-state index contributed by atoms with van der Waals surface area (Å²) < 4.78 is 5.88. The third-order valence-electron chi connectivity index (χ3n) is 2.84. The molecule has 0 fully saturated rings. The van der Waals surface area contributed by atoms with Crippen molar-refractivity contribution in [2.24, 2.45) is 0 Å². The first-order valence-electron chi connectivity index (χ1n) is 6.57. The second kappa shape index (κ2) is 7.61. The predicted octanol–water partition coefficient (Wildman–Crippen LogP) is 3.15. The molecule has 1 aromatic carbocycles. The number of furan rings is 1. The number of nitrogens with zero attached hydrogens (tertiary/aromatic N) is 1. The number of carbonyl (C=O) groups is 2. The van der Waals surface area contributed by atoms with Gasteiger partial charge in [-0.25, -0.2) is 0 Å². The van der Waals surface area contributed by atoms with Gasteiger partial charge in [-0.05, 0) is 46.3 Å². The van der Waals surface area contributed by atoms with Crippen molar-refractivity contribution in [1.29, 1.82) is 0 Å². The minimum atomic E-state index is -0.279. The van der Waals surface area contributed by atoms with Crippen LogP contribution < -0.4 is 5.32 Å². The summed E-state index contributed by atoms with van der Waals surface area (Å²) in [4.78, 5) is 25.2. The Morgan fingerprint density at radius 2 is 2.05 bits per heavy atom. The zero-order valence-electron chi connectivity index (χ0n) is 12.0. The fourth-order valence-corrected chi connectivity index (χ4v) is 2.10. The highest BCUT2D eigenvalue weighted by Gasteiger charge is 2.11. The van der Waals surface area contributed by atoms with E-state index in [0.717, 1.165) is 4.47 Å². The van der Waals surface area contributed by atoms with Gasteiger partial charge in [-0.15, -0.1) is 0 Å². The molecule has 0 aliphatic carbocycles. The molecule has 0 atom stereocenters. The third-order valence-corrected chi connectivity index (χ3v) is 3.53. The van der Waals surface area contributed by atoms with Crippen LogP contribution in [0.3, 0.4) is 0 Å². The van der Waals surface area contributed by atoms with Crippen LogP contribution in [0.5, 0.6) is 0 Å². The van der Waals surface area contributed by atoms with Crippen LogP contribution in [0.2, 0.25) is 0 Å². The summed E-state index contributed by atoms with van der Waals surface area (Å²) in [5.41, 5.74) is 0.666. The van der Waals surface area contributed by atoms with Crippen molar-refractivity contribution >= 4 is 39.5 Å². The fourth-order valence-electron chi connectivity index (χ4n) is 1.71. The van der Waals surface area contributed by atoms with E-state index in [-0.39, 0.29) is 18.4 Å². The summed E-state index contributed by atoms with van der Waals surface area (Å²) in [5, 5.41) is 2.74. The summed E-state index contributed by atoms with van der Waals surface area (Å²) in [6.45, 7) is -0.0390. The lowest BCUT2D eigenvalue weighted by atomic mass is 10.3. The first-order valence-corrected chi connectivity index (χ1v) is 7.36. The standard InChI is InChI=1S/C16H15BrN2O3/c1-19(16(21)9-8-12-5-4-10-22-12)11-15(20)18-14-7-3-2-6-13(14)17/h2-10H,11H2,1H3,(H,18,20)/b9-8+. The molecule has 2 amide bonds. The van der Waals surface area contributed by atoms with E-state index in [1.807, 2.05) is 18.2 Å². The highest BCUT2D eigenvalue weighted by molar-refractivity contribution is 9.10. The number of nitrogens with one attached hydrogen (secondary N) is 1. The number of rotatable bonds is 5. The van der Waals surface area contributed by atoms with Crippen molar-refractivity contribution in [3.05, 3.63) is 59.0 Å². The Morgan fingerprint density at radius 1 is 1.27 bits per heavy atom. The fraction of sp³-hybridized carbons (Fsp3) is 0.125. The van der Waals surface area contributed by atoms with Gasteiger partial charge in [-0.1, -0.05) is 12.1 Å². The number of hydrogen-bond donors (Lipinski definition) is 1. The molecule has 0 unspecified atom stereocenters. The summed E-state index contributed by atoms with van der Waals surface area (Å²) >= 11 is 3.35. The van der Waals surface area contributed by atoms with Crippen molar-refractivity contribution in [2.45, 2.75) is 0 Å². The number of para-hydroxylation sites is 1. The van der Waals surface area contributed by atoms with E-state index in [0.29, 0.717) is 11.4 Å². The quantitative estimate of drug-likeness (QED) is 0.831. The van der Waals surface area contributed by atoms with Gasteiger partial charge < -0.3 is 14.6 Å². The molecule has 2 rings (SSSR count). The van der Waals surface area contributed by atoms with Crippen LogP contribution >= 0.6 is 15.9 Å². The van der Waals surface area contributed by atoms with Gasteiger partial charge in [-0.3, -0.25) is 9.59 Å². The van der Waals surface area contributed by atoms with Crippen molar-refractivity contribution < 1.29 is 14.0 Å². The smallest absolute Gasteiger partial charge is 0.246 e. The Morgan fingerprint density at radius 3 is 2.73 bits per heavy atom. The number of hydrogen-bond acceptors (Lipinski definition) is 3. The van der Waals surface area contributed by atoms with Crippen LogP contribution in [0.15, 0.2) is 57.6 Å². The lowest BCUT2D eigenvalue weighted by Gasteiger charge is -2.15. The van der Waals surface area contributed by atoms with Crippen LogP contribution in [0.4, 0.5) is 5.69 Å². The Hall–Kier alpha value is -2.34. The van der Waals surface area contributed by atoms with Gasteiger partial charge in [0.15, 0.2) is 0 Å². The molecule has 0 aliphatic rings. The zero-order valence-corrected chi connectivity index (χ0v) is 13.5. The molecule has 0 aliphatic heterocycles. The molecule has 0 saturated carbocycles. The molecular weight excluding hydrogens is 348 g/mol. The number of likely N-dealkylation sites (N-methyl/N-ethyl adjacent to an activating group) is 1. The Labute approximate surface area is 136 Å². The van der Waals surface area contributed by atoms with Gasteiger partial charge in [0, 0.05) is 17.6 Å². The molecule has 6 heteroatoms. The minimum absolute atomic E-state index is 0.0390. The second-order valence-corrected chi connectivity index (χ2v) is 5.43. The molecule has 0 saturated heterocycles. The van der Waals surface area contributed by atoms with E-state index >= 15 is 0 Å². The first-order chi connectivity index (χ1) is 10.6. The molecular formula is C16H15BrN2O3. The topological polar surface area (TPSA) is 62.6 Å². The van der Waals surface area contributed by atoms with Crippen molar-refractivity contribution in [1.82, 2.24) is 4.90 Å². The van der Waals surface area contributed by atoms with Gasteiger partial charge in [0.25, 0.3) is 0 Å². The molecule has 5 nitrogen and oxygen atoms in total. The van der Waals surface area contributed by atoms with E-state index in [1.165, 1.54) is 17.2 Å². The minimum Gasteiger partial charge on any atom is -0.465 e. The molecule has 0 spiro atoms. The lowest BCUT2D eigenvalue weighted by Crippen LogP contribution is -2.33. The van der Waals surface area contributed by atoms with Crippen molar-refractivity contribution in [2.75, 3.05) is 18.9 Å². The molecule has 1 aromatic heterocycles. The second-order valence-electron chi connectivity index (χ2n) is 4.57. The van der Waals surface area contributed by atoms with E-state index in [2.05, 4.69) is 21.2 Å². The summed E-state index contributed by atoms with van der Waals surface area (Å²) in [7, 11) is 1.56. The summed E-state index contributed by atoms with van der Waals surface area (Å²) in [5.74, 6) is 0.0345. The molecule has 1 N–H and O–H groups in total. The van der Waals surface area contributed by atoms with Crippen LogP contribution in [0.25, 0.3) is 6.08 Å². The SMILES string of the molecule is CN(CC(=O)Nc1ccccc1Br)C(=O)/C=C/c1ccco1. The lowest BCUT2D eigenvalue weighted by molar-refractivity contribution is -0.129. The van der Waals surface area contributed by atoms with Crippen LogP contribution in [0, 0.1) is 0 Å². The number of benzene rings is 1. The largest absolute Gasteiger partial charge is 0.465 e. The molecule has 2 aromatic rings. The van der Waals surface area contributed by atoms with E-state index < -0.39 is 0 Å². The Kier molecular flexibility index (Phi) is 5.55. The monoisotopic (exact) mass is 362 g/mol. The molecule has 22 heavy (non-hydrogen) atoms. The van der Waals surface area contributed by atoms with Crippen LogP contribution in [-0.4, -0.2) is 30.3 Å². The maximum atomic E-state index is 11.9. The van der Waals surface area contributed by atoms with E-state index in [1.54, 1.807) is 31.3 Å². The number of halogens is 1. The summed E-state index contributed by atoms with van der Waals surface area (Å²) in [6, 6.07) is 10.8. The molecule has 0 radical (unpaired) electrons. The predicted molar refractivity (Wildman–Crippen MR) is 88.2 cm³/mol. The van der Waals surface area contributed by atoms with Gasteiger partial charge in [0.1, 0.15) is 5.76 Å². The highest BCUT2D eigenvalue weighted by Crippen LogP contribution is 2.20. The number of amides is 2. The molecule has 0 bridgehead atoms. The normalized spacial score (nSPS) is 10.6. The van der Waals surface area contributed by atoms with Gasteiger partial charge in [0.2, 0.25) is 11.8 Å². The zero-order chi connectivity index (χ0) is 15.9. The average molecular weight is 363 g/mol. The Bertz CT molecular complexity index is 680. The van der Waals surface area contributed by atoms with Gasteiger partial charge >= 0.3 is 0 Å². The summed E-state index contributed by atoms with van der Waals surface area (Å²) in [6.07, 6.45) is 4.45. The van der Waals surface area contributed by atoms with Crippen molar-refractivity contribution in [3.63, 3.8) is 0 Å². The maximum absolute atomic E-state index is 11.9. The van der Waals surface area contributed by atoms with Crippen LogP contribution in [-0.2, 0) is 9.59 Å². The Balaban J connectivity index is 1.88. The van der Waals surface area contributed by atoms with Crippen molar-refractivity contribution in [3.8, 4) is 0 Å². The first kappa shape index (κ1) is 16.0. The van der Waals surface area contributed by atoms with E-state index in [4.69, 9.17) is 4.42 Å². The van der Waals surface area contributed by atoms with E-state index in [9.17, 15) is 9.59 Å². The third kappa shape index (κ3) is 4.60. The highest BCUT2D eigenvalue weighted by atomic mass is 79.9. The maximum Gasteiger partial charge on any atom is 0.246 e. The number of anilines is 1. The van der Waals surface area contributed by atoms with Gasteiger partial charge in [-0.2, -0.15) is 0 Å². The average Bonchev–Trinajstić information content (AvgIpc) is 3.00. The van der Waals surface area contributed by atoms with Crippen LogP contribution in [0.1, 0.15) is 5.76 Å². The van der Waals surface area contributed by atoms with Gasteiger partial charge in [0.05, 0.1) is 18.5 Å². The number of carbonyl (C=O) groups excluding carboxylic acids is 2. The molecule has 114 valence electrons.